The van der Waals surface area contributed by atoms with Crippen LogP contribution in [0.2, 0.25) is 5.02 Å². The quantitative estimate of drug-likeness (QED) is 0.234. The van der Waals surface area contributed by atoms with Gasteiger partial charge in [-0.2, -0.15) is 13.2 Å². The molecule has 2 N–H and O–H groups in total. The van der Waals surface area contributed by atoms with Crippen molar-refractivity contribution >= 4 is 28.6 Å². The van der Waals surface area contributed by atoms with Gasteiger partial charge in [0.25, 0.3) is 0 Å². The SMILES string of the molecule is Fc1cc(C(F)(F)F)cc([C@@](Cc2ccccc2)(Nc2nc3ccccc3[nH]2)c2ccc(Cl)cn2)c1. The van der Waals surface area contributed by atoms with Gasteiger partial charge in [-0.3, -0.25) is 4.98 Å². The standard InChI is InChI=1S/C27H19ClF4N4/c28-20-10-11-24(33-16-20)26(15-17-6-2-1-3-7-17,18-12-19(27(30,31)32)14-21(29)13-18)36-25-34-22-8-4-5-9-23(22)35-25/h1-14,16H,15H2,(H2,34,35,36)/t26-/m1/s1. The van der Waals surface area contributed by atoms with E-state index in [-0.39, 0.29) is 12.0 Å². The van der Waals surface area contributed by atoms with Gasteiger partial charge in [-0.1, -0.05) is 54.1 Å². The minimum atomic E-state index is -4.75. The van der Waals surface area contributed by atoms with E-state index in [4.69, 9.17) is 11.6 Å². The summed E-state index contributed by atoms with van der Waals surface area (Å²) in [6, 6.07) is 22.2. The van der Waals surface area contributed by atoms with Gasteiger partial charge in [-0.25, -0.2) is 9.37 Å². The first-order valence-electron chi connectivity index (χ1n) is 11.0. The molecule has 0 saturated heterocycles. The lowest BCUT2D eigenvalue weighted by Crippen LogP contribution is -2.40. The number of pyridine rings is 1. The Morgan fingerprint density at radius 1 is 0.861 bits per heavy atom. The Morgan fingerprint density at radius 3 is 2.28 bits per heavy atom. The summed E-state index contributed by atoms with van der Waals surface area (Å²) in [6.07, 6.45) is -3.21. The van der Waals surface area contributed by atoms with Crippen LogP contribution < -0.4 is 5.32 Å². The number of hydrogen-bond acceptors (Lipinski definition) is 3. The minimum Gasteiger partial charge on any atom is -0.340 e. The monoisotopic (exact) mass is 510 g/mol. The molecule has 0 aliphatic heterocycles. The second-order valence-electron chi connectivity index (χ2n) is 8.38. The van der Waals surface area contributed by atoms with Gasteiger partial charge in [0, 0.05) is 12.6 Å². The van der Waals surface area contributed by atoms with Gasteiger partial charge in [0.15, 0.2) is 0 Å². The number of hydrogen-bond donors (Lipinski definition) is 2. The zero-order valence-corrected chi connectivity index (χ0v) is 19.4. The van der Waals surface area contributed by atoms with Crippen LogP contribution in [0.1, 0.15) is 22.4 Å². The average Bonchev–Trinajstić information content (AvgIpc) is 3.26. The van der Waals surface area contributed by atoms with Crippen LogP contribution in [0.15, 0.2) is 91.1 Å². The number of nitrogens with zero attached hydrogens (tertiary/aromatic N) is 2. The van der Waals surface area contributed by atoms with Gasteiger partial charge >= 0.3 is 6.18 Å². The number of anilines is 1. The predicted octanol–water partition coefficient (Wildman–Crippen LogP) is 7.37. The maximum atomic E-state index is 14.7. The average molecular weight is 511 g/mol. The van der Waals surface area contributed by atoms with Crippen LogP contribution in [0, 0.1) is 5.82 Å². The highest BCUT2D eigenvalue weighted by atomic mass is 35.5. The fourth-order valence-electron chi connectivity index (χ4n) is 4.27. The number of fused-ring (bicyclic) bond motifs is 1. The van der Waals surface area contributed by atoms with Crippen LogP contribution in [0.5, 0.6) is 0 Å². The lowest BCUT2D eigenvalue weighted by molar-refractivity contribution is -0.137. The van der Waals surface area contributed by atoms with E-state index in [1.807, 2.05) is 48.5 Å². The number of imidazole rings is 1. The Kier molecular flexibility index (Phi) is 6.14. The topological polar surface area (TPSA) is 53.6 Å². The number of benzene rings is 3. The maximum absolute atomic E-state index is 14.7. The zero-order valence-electron chi connectivity index (χ0n) is 18.7. The molecule has 0 unspecified atom stereocenters. The Morgan fingerprint density at radius 2 is 1.58 bits per heavy atom. The van der Waals surface area contributed by atoms with Crippen LogP contribution in [0.3, 0.4) is 0 Å². The molecule has 0 spiro atoms. The van der Waals surface area contributed by atoms with Crippen molar-refractivity contribution in [2.75, 3.05) is 5.32 Å². The molecule has 0 amide bonds. The smallest absolute Gasteiger partial charge is 0.340 e. The molecule has 2 aromatic heterocycles. The lowest BCUT2D eigenvalue weighted by Gasteiger charge is -2.35. The van der Waals surface area contributed by atoms with Crippen LogP contribution in [-0.2, 0) is 18.1 Å². The highest BCUT2D eigenvalue weighted by Crippen LogP contribution is 2.39. The minimum absolute atomic E-state index is 0.0361. The molecule has 0 bridgehead atoms. The highest BCUT2D eigenvalue weighted by Gasteiger charge is 2.40. The molecular formula is C27H19ClF4N4. The van der Waals surface area contributed by atoms with Gasteiger partial charge in [0.05, 0.1) is 27.3 Å². The molecule has 5 aromatic rings. The van der Waals surface area contributed by atoms with Gasteiger partial charge in [-0.15, -0.1) is 0 Å². The number of H-pyrrole nitrogens is 1. The van der Waals surface area contributed by atoms with Crippen LogP contribution >= 0.6 is 11.6 Å². The van der Waals surface area contributed by atoms with E-state index in [9.17, 15) is 17.6 Å². The van der Waals surface area contributed by atoms with Crippen LogP contribution in [0.4, 0.5) is 23.5 Å². The summed E-state index contributed by atoms with van der Waals surface area (Å²) in [5.74, 6) is -0.723. The molecule has 9 heteroatoms. The summed E-state index contributed by atoms with van der Waals surface area (Å²) >= 11 is 6.08. The fourth-order valence-corrected chi connectivity index (χ4v) is 4.38. The van der Waals surface area contributed by atoms with Crippen molar-refractivity contribution in [2.24, 2.45) is 0 Å². The van der Waals surface area contributed by atoms with Crippen molar-refractivity contribution in [3.8, 4) is 0 Å². The second kappa shape index (κ2) is 9.28. The summed E-state index contributed by atoms with van der Waals surface area (Å²) in [5, 5.41) is 3.64. The van der Waals surface area contributed by atoms with E-state index in [0.717, 1.165) is 23.2 Å². The summed E-state index contributed by atoms with van der Waals surface area (Å²) in [4.78, 5) is 12.2. The number of alkyl halides is 3. The molecule has 4 nitrogen and oxygen atoms in total. The molecule has 182 valence electrons. The summed E-state index contributed by atoms with van der Waals surface area (Å²) in [7, 11) is 0. The number of halogens is 5. The van der Waals surface area contributed by atoms with Crippen molar-refractivity contribution < 1.29 is 17.6 Å². The third-order valence-corrected chi connectivity index (χ3v) is 6.14. The van der Waals surface area contributed by atoms with Crippen LogP contribution in [0.25, 0.3) is 11.0 Å². The van der Waals surface area contributed by atoms with E-state index in [1.54, 1.807) is 18.2 Å². The zero-order chi connectivity index (χ0) is 25.3. The lowest BCUT2D eigenvalue weighted by atomic mass is 9.80. The van der Waals surface area contributed by atoms with E-state index in [1.165, 1.54) is 6.20 Å². The molecule has 5 rings (SSSR count). The van der Waals surface area contributed by atoms with Crippen molar-refractivity contribution in [2.45, 2.75) is 18.1 Å². The summed E-state index contributed by atoms with van der Waals surface area (Å²) < 4.78 is 56.0. The summed E-state index contributed by atoms with van der Waals surface area (Å²) in [5.41, 5.74) is 0.0118. The highest BCUT2D eigenvalue weighted by molar-refractivity contribution is 6.30. The molecule has 0 fully saturated rings. The first-order chi connectivity index (χ1) is 17.2. The molecule has 0 saturated carbocycles. The number of aromatic nitrogens is 3. The molecule has 3 aromatic carbocycles. The number of rotatable bonds is 6. The normalized spacial score (nSPS) is 13.5. The number of para-hydroxylation sites is 2. The Hall–Kier alpha value is -3.91. The molecule has 1 atom stereocenters. The Balaban J connectivity index is 1.77. The molecule has 0 aliphatic carbocycles. The van der Waals surface area contributed by atoms with Gasteiger partial charge in [0.1, 0.15) is 11.4 Å². The number of aromatic amines is 1. The molecular weight excluding hydrogens is 492 g/mol. The van der Waals surface area contributed by atoms with E-state index in [2.05, 4.69) is 20.3 Å². The predicted molar refractivity (Wildman–Crippen MR) is 131 cm³/mol. The second-order valence-corrected chi connectivity index (χ2v) is 8.82. The van der Waals surface area contributed by atoms with Crippen molar-refractivity contribution in [3.05, 3.63) is 124 Å². The van der Waals surface area contributed by atoms with Gasteiger partial charge < -0.3 is 10.3 Å². The fraction of sp³-hybridized carbons (Fsp3) is 0.111. The summed E-state index contributed by atoms with van der Waals surface area (Å²) in [6.45, 7) is 0. The van der Waals surface area contributed by atoms with E-state index < -0.39 is 23.1 Å². The Labute approximate surface area is 209 Å². The maximum Gasteiger partial charge on any atom is 0.416 e. The van der Waals surface area contributed by atoms with Crippen molar-refractivity contribution in [1.29, 1.82) is 0 Å². The largest absolute Gasteiger partial charge is 0.416 e. The van der Waals surface area contributed by atoms with E-state index >= 15 is 0 Å². The third-order valence-electron chi connectivity index (χ3n) is 5.92. The van der Waals surface area contributed by atoms with E-state index in [0.29, 0.717) is 28.2 Å². The van der Waals surface area contributed by atoms with Crippen molar-refractivity contribution in [3.63, 3.8) is 0 Å². The van der Waals surface area contributed by atoms with Crippen molar-refractivity contribution in [1.82, 2.24) is 15.0 Å². The third kappa shape index (κ3) is 4.77. The molecule has 2 heterocycles. The van der Waals surface area contributed by atoms with Gasteiger partial charge in [0.2, 0.25) is 5.95 Å². The Bertz CT molecular complexity index is 1470. The molecule has 36 heavy (non-hydrogen) atoms. The molecule has 0 radical (unpaired) electrons. The number of nitrogens with one attached hydrogen (secondary N) is 2. The van der Waals surface area contributed by atoms with Gasteiger partial charge in [-0.05, 0) is 53.6 Å². The first-order valence-corrected chi connectivity index (χ1v) is 11.4. The molecule has 0 aliphatic rings. The first kappa shape index (κ1) is 23.8. The van der Waals surface area contributed by atoms with Crippen LogP contribution in [-0.4, -0.2) is 15.0 Å².